The van der Waals surface area contributed by atoms with Gasteiger partial charge in [-0.25, -0.2) is 12.8 Å². The van der Waals surface area contributed by atoms with Crippen molar-refractivity contribution >= 4 is 27.5 Å². The van der Waals surface area contributed by atoms with Crippen molar-refractivity contribution in [3.8, 4) is 0 Å². The lowest BCUT2D eigenvalue weighted by atomic mass is 10.0. The van der Waals surface area contributed by atoms with Crippen LogP contribution < -0.4 is 9.62 Å². The Morgan fingerprint density at radius 2 is 1.46 bits per heavy atom. The molecule has 1 unspecified atom stereocenters. The van der Waals surface area contributed by atoms with E-state index < -0.39 is 40.2 Å². The first kappa shape index (κ1) is 29.5. The van der Waals surface area contributed by atoms with Crippen molar-refractivity contribution in [1.29, 1.82) is 0 Å². The van der Waals surface area contributed by atoms with E-state index in [1.165, 1.54) is 48.3 Å². The van der Waals surface area contributed by atoms with Crippen molar-refractivity contribution in [2.75, 3.05) is 17.9 Å². The van der Waals surface area contributed by atoms with Crippen molar-refractivity contribution in [3.63, 3.8) is 0 Å². The largest absolute Gasteiger partial charge is 0.357 e. The minimum Gasteiger partial charge on any atom is -0.357 e. The maximum Gasteiger partial charge on any atom is 0.264 e. The molecule has 4 aromatic carbocycles. The van der Waals surface area contributed by atoms with E-state index in [0.29, 0.717) is 11.3 Å². The molecule has 0 aliphatic rings. The maximum atomic E-state index is 14.2. The number of hydrogen-bond acceptors (Lipinski definition) is 4. The van der Waals surface area contributed by atoms with Crippen LogP contribution in [0.25, 0.3) is 0 Å². The molecule has 0 spiro atoms. The Morgan fingerprint density at radius 1 is 0.829 bits per heavy atom. The fourth-order valence-corrected chi connectivity index (χ4v) is 5.97. The molecule has 41 heavy (non-hydrogen) atoms. The van der Waals surface area contributed by atoms with E-state index in [1.807, 2.05) is 43.3 Å². The van der Waals surface area contributed by atoms with Crippen molar-refractivity contribution < 1.29 is 22.4 Å². The molecule has 4 rings (SSSR count). The molecule has 0 saturated heterocycles. The van der Waals surface area contributed by atoms with Gasteiger partial charge >= 0.3 is 0 Å². The molecule has 0 aromatic heterocycles. The molecule has 0 aliphatic heterocycles. The molecule has 2 amide bonds. The van der Waals surface area contributed by atoms with Gasteiger partial charge in [0, 0.05) is 20.0 Å². The van der Waals surface area contributed by atoms with Gasteiger partial charge in [-0.2, -0.15) is 0 Å². The molecule has 0 heterocycles. The standard InChI is InChI=1S/C32H32FN3O4S/c1-24-10-9-13-28(20-24)36(41(39,40)29-14-7-4-8-15-29)23-31(37)35(22-26-16-18-27(33)19-17-26)30(32(38)34-2)21-25-11-5-3-6-12-25/h3-20,30H,21-23H2,1-2H3,(H,34,38). The molecule has 7 nitrogen and oxygen atoms in total. The summed E-state index contributed by atoms with van der Waals surface area (Å²) in [6.07, 6.45) is 0.198. The smallest absolute Gasteiger partial charge is 0.264 e. The fourth-order valence-electron chi connectivity index (χ4n) is 4.54. The zero-order valence-electron chi connectivity index (χ0n) is 22.9. The second-order valence-electron chi connectivity index (χ2n) is 9.63. The summed E-state index contributed by atoms with van der Waals surface area (Å²) in [7, 11) is -2.67. The number of amides is 2. The minimum atomic E-state index is -4.15. The van der Waals surface area contributed by atoms with Crippen LogP contribution in [0.15, 0.2) is 114 Å². The number of nitrogens with one attached hydrogen (secondary N) is 1. The van der Waals surface area contributed by atoms with Crippen molar-refractivity contribution in [2.45, 2.75) is 30.8 Å². The molecular formula is C32H32FN3O4S. The Morgan fingerprint density at radius 3 is 2.07 bits per heavy atom. The number of aryl methyl sites for hydroxylation is 1. The van der Waals surface area contributed by atoms with Crippen LogP contribution in [0.3, 0.4) is 0 Å². The highest BCUT2D eigenvalue weighted by molar-refractivity contribution is 7.92. The Kier molecular flexibility index (Phi) is 9.52. The van der Waals surface area contributed by atoms with E-state index in [9.17, 15) is 22.4 Å². The van der Waals surface area contributed by atoms with Gasteiger partial charge in [-0.1, -0.05) is 72.8 Å². The lowest BCUT2D eigenvalue weighted by Crippen LogP contribution is -2.53. The second kappa shape index (κ2) is 13.2. The third-order valence-electron chi connectivity index (χ3n) is 6.68. The number of benzene rings is 4. The number of carbonyl (C=O) groups excluding carboxylic acids is 2. The van der Waals surface area contributed by atoms with Crippen LogP contribution in [0.5, 0.6) is 0 Å². The van der Waals surface area contributed by atoms with Crippen molar-refractivity contribution in [1.82, 2.24) is 10.2 Å². The van der Waals surface area contributed by atoms with E-state index in [1.54, 1.807) is 36.4 Å². The average Bonchev–Trinajstić information content (AvgIpc) is 2.99. The molecule has 4 aromatic rings. The summed E-state index contributed by atoms with van der Waals surface area (Å²) in [5, 5.41) is 2.64. The first-order valence-electron chi connectivity index (χ1n) is 13.1. The van der Waals surface area contributed by atoms with Crippen LogP contribution in [-0.2, 0) is 32.6 Å². The number of sulfonamides is 1. The number of rotatable bonds is 11. The van der Waals surface area contributed by atoms with Crippen LogP contribution in [0.1, 0.15) is 16.7 Å². The highest BCUT2D eigenvalue weighted by Crippen LogP contribution is 2.26. The minimum absolute atomic E-state index is 0.0307. The van der Waals surface area contributed by atoms with Gasteiger partial charge in [0.05, 0.1) is 10.6 Å². The summed E-state index contributed by atoms with van der Waals surface area (Å²) in [6, 6.07) is 28.7. The van der Waals surface area contributed by atoms with Gasteiger partial charge in [0.1, 0.15) is 18.4 Å². The van der Waals surface area contributed by atoms with Crippen LogP contribution in [-0.4, -0.2) is 44.8 Å². The van der Waals surface area contributed by atoms with Crippen LogP contribution >= 0.6 is 0 Å². The molecule has 0 saturated carbocycles. The van der Waals surface area contributed by atoms with Gasteiger partial charge < -0.3 is 10.2 Å². The second-order valence-corrected chi connectivity index (χ2v) is 11.5. The molecule has 1 N–H and O–H groups in total. The lowest BCUT2D eigenvalue weighted by Gasteiger charge is -2.33. The van der Waals surface area contributed by atoms with Gasteiger partial charge in [0.2, 0.25) is 11.8 Å². The summed E-state index contributed by atoms with van der Waals surface area (Å²) in [5.41, 5.74) is 2.56. The van der Waals surface area contributed by atoms with Crippen molar-refractivity contribution in [2.24, 2.45) is 0 Å². The molecule has 0 radical (unpaired) electrons. The number of hydrogen-bond donors (Lipinski definition) is 1. The number of nitrogens with zero attached hydrogens (tertiary/aromatic N) is 2. The number of carbonyl (C=O) groups is 2. The predicted molar refractivity (Wildman–Crippen MR) is 157 cm³/mol. The highest BCUT2D eigenvalue weighted by Gasteiger charge is 2.34. The summed E-state index contributed by atoms with van der Waals surface area (Å²) in [6.45, 7) is 1.25. The Bertz CT molecular complexity index is 1580. The van der Waals surface area contributed by atoms with E-state index in [0.717, 1.165) is 15.4 Å². The third-order valence-corrected chi connectivity index (χ3v) is 8.47. The van der Waals surface area contributed by atoms with E-state index in [2.05, 4.69) is 5.32 Å². The highest BCUT2D eigenvalue weighted by atomic mass is 32.2. The first-order chi connectivity index (χ1) is 19.7. The molecular weight excluding hydrogens is 541 g/mol. The molecule has 1 atom stereocenters. The topological polar surface area (TPSA) is 86.8 Å². The quantitative estimate of drug-likeness (QED) is 0.282. The number of likely N-dealkylation sites (N-methyl/N-ethyl adjacent to an activating group) is 1. The normalized spacial score (nSPS) is 11.9. The van der Waals surface area contributed by atoms with E-state index in [4.69, 9.17) is 0 Å². The van der Waals surface area contributed by atoms with Crippen LogP contribution in [0.4, 0.5) is 10.1 Å². The Hall–Kier alpha value is -4.50. The number of halogens is 1. The van der Waals surface area contributed by atoms with E-state index >= 15 is 0 Å². The van der Waals surface area contributed by atoms with Gasteiger partial charge in [-0.3, -0.25) is 13.9 Å². The van der Waals surface area contributed by atoms with Gasteiger partial charge in [0.25, 0.3) is 10.0 Å². The first-order valence-corrected chi connectivity index (χ1v) is 14.6. The molecule has 9 heteroatoms. The summed E-state index contributed by atoms with van der Waals surface area (Å²) in [4.78, 5) is 28.8. The maximum absolute atomic E-state index is 14.2. The monoisotopic (exact) mass is 573 g/mol. The fraction of sp³-hybridized carbons (Fsp3) is 0.188. The summed E-state index contributed by atoms with van der Waals surface area (Å²) >= 11 is 0. The van der Waals surface area contributed by atoms with E-state index in [-0.39, 0.29) is 17.9 Å². The molecule has 0 bridgehead atoms. The van der Waals surface area contributed by atoms with Gasteiger partial charge in [-0.05, 0) is 60.0 Å². The van der Waals surface area contributed by atoms with Crippen LogP contribution in [0, 0.1) is 12.7 Å². The SMILES string of the molecule is CNC(=O)C(Cc1ccccc1)N(Cc1ccc(F)cc1)C(=O)CN(c1cccc(C)c1)S(=O)(=O)c1ccccc1. The zero-order chi connectivity index (χ0) is 29.4. The molecule has 212 valence electrons. The van der Waals surface area contributed by atoms with Gasteiger partial charge in [-0.15, -0.1) is 0 Å². The Labute approximate surface area is 240 Å². The van der Waals surface area contributed by atoms with Crippen LogP contribution in [0.2, 0.25) is 0 Å². The Balaban J connectivity index is 1.78. The zero-order valence-corrected chi connectivity index (χ0v) is 23.7. The third kappa shape index (κ3) is 7.37. The average molecular weight is 574 g/mol. The molecule has 0 fully saturated rings. The predicted octanol–water partition coefficient (Wildman–Crippen LogP) is 4.72. The lowest BCUT2D eigenvalue weighted by molar-refractivity contribution is -0.139. The summed E-state index contributed by atoms with van der Waals surface area (Å²) in [5.74, 6) is -1.42. The summed E-state index contributed by atoms with van der Waals surface area (Å²) < 4.78 is 42.5. The number of anilines is 1. The molecule has 0 aliphatic carbocycles. The van der Waals surface area contributed by atoms with Crippen molar-refractivity contribution in [3.05, 3.63) is 132 Å². The van der Waals surface area contributed by atoms with Gasteiger partial charge in [0.15, 0.2) is 0 Å².